The van der Waals surface area contributed by atoms with Gasteiger partial charge in [-0.25, -0.2) is 18.2 Å². The molecule has 1 aliphatic carbocycles. The van der Waals surface area contributed by atoms with Gasteiger partial charge in [-0.2, -0.15) is 0 Å². The van der Waals surface area contributed by atoms with Gasteiger partial charge in [0.05, 0.1) is 32.7 Å². The molecule has 1 aliphatic rings. The Hall–Kier alpha value is -1.84. The van der Waals surface area contributed by atoms with Gasteiger partial charge in [-0.1, -0.05) is 23.2 Å². The number of halogens is 2. The maximum Gasteiger partial charge on any atom is 0.408 e. The van der Waals surface area contributed by atoms with E-state index in [1.807, 2.05) is 0 Å². The van der Waals surface area contributed by atoms with Crippen molar-refractivity contribution in [2.24, 2.45) is 5.92 Å². The zero-order valence-electron chi connectivity index (χ0n) is 18.4. The number of nitrogens with one attached hydrogen (secondary N) is 1. The standard InChI is InChI=1S/C21H27Cl2N3O5S/c1-21(2,3)31-20(28)25-16(12-6-7-12)18-24-17-14(23)9-8-13(22)15(17)19(27)26(18)10-5-11-32(4,29)30/h8-9,12,16H,5-7,10-11H2,1-4H3,(H,25,28)/t16-/m0/s1. The molecule has 0 aliphatic heterocycles. The minimum Gasteiger partial charge on any atom is -0.444 e. The van der Waals surface area contributed by atoms with Crippen LogP contribution in [0.3, 0.4) is 0 Å². The fourth-order valence-electron chi connectivity index (χ4n) is 3.46. The van der Waals surface area contributed by atoms with E-state index in [2.05, 4.69) is 10.3 Å². The van der Waals surface area contributed by atoms with Crippen LogP contribution in [0.2, 0.25) is 10.0 Å². The van der Waals surface area contributed by atoms with Crippen molar-refractivity contribution >= 4 is 50.0 Å². The number of sulfone groups is 1. The molecule has 8 nitrogen and oxygen atoms in total. The summed E-state index contributed by atoms with van der Waals surface area (Å²) >= 11 is 12.6. The zero-order valence-corrected chi connectivity index (χ0v) is 20.8. The van der Waals surface area contributed by atoms with Gasteiger partial charge in [0.2, 0.25) is 0 Å². The second-order valence-electron chi connectivity index (χ2n) is 9.12. The van der Waals surface area contributed by atoms with E-state index in [0.29, 0.717) is 5.82 Å². The molecule has 1 fully saturated rings. The van der Waals surface area contributed by atoms with E-state index < -0.39 is 33.1 Å². The highest BCUT2D eigenvalue weighted by atomic mass is 35.5. The lowest BCUT2D eigenvalue weighted by molar-refractivity contribution is 0.0493. The molecule has 1 atom stereocenters. The second-order valence-corrected chi connectivity index (χ2v) is 12.2. The van der Waals surface area contributed by atoms with E-state index in [9.17, 15) is 18.0 Å². The molecule has 0 bridgehead atoms. The van der Waals surface area contributed by atoms with E-state index in [1.54, 1.807) is 26.8 Å². The topological polar surface area (TPSA) is 107 Å². The lowest BCUT2D eigenvalue weighted by Crippen LogP contribution is -2.39. The summed E-state index contributed by atoms with van der Waals surface area (Å²) in [6, 6.07) is 2.49. The molecule has 3 rings (SSSR count). The van der Waals surface area contributed by atoms with Crippen LogP contribution in [0.15, 0.2) is 16.9 Å². The Labute approximate surface area is 197 Å². The van der Waals surface area contributed by atoms with Crippen molar-refractivity contribution in [1.82, 2.24) is 14.9 Å². The van der Waals surface area contributed by atoms with Crippen molar-refractivity contribution in [3.63, 3.8) is 0 Å². The van der Waals surface area contributed by atoms with Crippen molar-refractivity contribution in [3.05, 3.63) is 38.4 Å². The van der Waals surface area contributed by atoms with Gasteiger partial charge in [0.25, 0.3) is 5.56 Å². The van der Waals surface area contributed by atoms with E-state index in [0.717, 1.165) is 19.1 Å². The lowest BCUT2D eigenvalue weighted by atomic mass is 10.1. The van der Waals surface area contributed by atoms with Crippen LogP contribution < -0.4 is 10.9 Å². The van der Waals surface area contributed by atoms with Crippen molar-refractivity contribution < 1.29 is 17.9 Å². The van der Waals surface area contributed by atoms with Crippen LogP contribution in [-0.4, -0.2) is 41.7 Å². The summed E-state index contributed by atoms with van der Waals surface area (Å²) in [4.78, 5) is 30.6. The Balaban J connectivity index is 2.11. The van der Waals surface area contributed by atoms with Gasteiger partial charge in [0.15, 0.2) is 0 Å². The average Bonchev–Trinajstić information content (AvgIpc) is 3.47. The number of rotatable bonds is 7. The smallest absolute Gasteiger partial charge is 0.408 e. The molecule has 0 spiro atoms. The van der Waals surface area contributed by atoms with Crippen LogP contribution in [0.4, 0.5) is 4.79 Å². The van der Waals surface area contributed by atoms with E-state index in [1.165, 1.54) is 10.6 Å². The number of hydrogen-bond donors (Lipinski definition) is 1. The minimum absolute atomic E-state index is 0.0750. The first-order valence-electron chi connectivity index (χ1n) is 10.3. The zero-order chi connectivity index (χ0) is 23.8. The summed E-state index contributed by atoms with van der Waals surface area (Å²) in [5.41, 5.74) is -0.876. The summed E-state index contributed by atoms with van der Waals surface area (Å²) in [6.45, 7) is 5.38. The van der Waals surface area contributed by atoms with Crippen LogP contribution in [0.25, 0.3) is 10.9 Å². The quantitative estimate of drug-likeness (QED) is 0.608. The third kappa shape index (κ3) is 6.14. The number of carbonyl (C=O) groups is 1. The fourth-order valence-corrected chi connectivity index (χ4v) is 4.55. The Morgan fingerprint density at radius 2 is 1.91 bits per heavy atom. The summed E-state index contributed by atoms with van der Waals surface area (Å²) in [7, 11) is -3.21. The maximum absolute atomic E-state index is 13.4. The molecule has 32 heavy (non-hydrogen) atoms. The predicted octanol–water partition coefficient (Wildman–Crippen LogP) is 4.11. The van der Waals surface area contributed by atoms with E-state index in [4.69, 9.17) is 27.9 Å². The highest BCUT2D eigenvalue weighted by Gasteiger charge is 2.38. The van der Waals surface area contributed by atoms with Crippen molar-refractivity contribution in [2.45, 2.75) is 58.2 Å². The fraction of sp³-hybridized carbons (Fsp3) is 0.571. The van der Waals surface area contributed by atoms with Gasteiger partial charge in [-0.15, -0.1) is 0 Å². The molecule has 2 aromatic rings. The molecule has 176 valence electrons. The van der Waals surface area contributed by atoms with Gasteiger partial charge >= 0.3 is 6.09 Å². The first-order valence-corrected chi connectivity index (χ1v) is 13.1. The molecule has 1 aromatic heterocycles. The van der Waals surface area contributed by atoms with Gasteiger partial charge in [0.1, 0.15) is 21.3 Å². The Morgan fingerprint density at radius 1 is 1.28 bits per heavy atom. The third-order valence-corrected chi connectivity index (χ3v) is 6.63. The summed E-state index contributed by atoms with van der Waals surface area (Å²) in [5, 5.41) is 3.47. The third-order valence-electron chi connectivity index (χ3n) is 4.98. The number of carbonyl (C=O) groups excluding carboxylic acids is 1. The first kappa shape index (κ1) is 24.8. The Morgan fingerprint density at radius 3 is 2.47 bits per heavy atom. The number of amides is 1. The maximum atomic E-state index is 13.4. The van der Waals surface area contributed by atoms with Crippen LogP contribution in [0.1, 0.15) is 51.9 Å². The van der Waals surface area contributed by atoms with Gasteiger partial charge in [0, 0.05) is 12.8 Å². The molecule has 1 aromatic carbocycles. The highest BCUT2D eigenvalue weighted by Crippen LogP contribution is 2.41. The molecule has 11 heteroatoms. The number of ether oxygens (including phenoxy) is 1. The number of hydrogen-bond acceptors (Lipinski definition) is 6. The molecule has 1 heterocycles. The monoisotopic (exact) mass is 503 g/mol. The molecular weight excluding hydrogens is 477 g/mol. The number of benzene rings is 1. The second kappa shape index (κ2) is 9.19. The number of alkyl carbamates (subject to hydrolysis) is 1. The molecule has 0 unspecified atom stereocenters. The molecular formula is C21H27Cl2N3O5S. The number of nitrogens with zero attached hydrogens (tertiary/aromatic N) is 2. The Bertz CT molecular complexity index is 1200. The van der Waals surface area contributed by atoms with E-state index in [-0.39, 0.29) is 45.6 Å². The normalized spacial score (nSPS) is 15.6. The summed E-state index contributed by atoms with van der Waals surface area (Å²) < 4.78 is 30.0. The van der Waals surface area contributed by atoms with E-state index >= 15 is 0 Å². The highest BCUT2D eigenvalue weighted by molar-refractivity contribution is 7.90. The number of aromatic nitrogens is 2. The molecule has 0 radical (unpaired) electrons. The molecule has 0 saturated heterocycles. The van der Waals surface area contributed by atoms with Crippen LogP contribution >= 0.6 is 23.2 Å². The van der Waals surface area contributed by atoms with Crippen molar-refractivity contribution in [2.75, 3.05) is 12.0 Å². The minimum atomic E-state index is -3.21. The number of fused-ring (bicyclic) bond motifs is 1. The molecule has 1 N–H and O–H groups in total. The summed E-state index contributed by atoms with van der Waals surface area (Å²) in [6.07, 6.45) is 2.43. The van der Waals surface area contributed by atoms with Crippen LogP contribution in [0, 0.1) is 5.92 Å². The average molecular weight is 504 g/mol. The van der Waals surface area contributed by atoms with Gasteiger partial charge in [-0.05, 0) is 58.1 Å². The Kier molecular flexibility index (Phi) is 7.12. The predicted molar refractivity (Wildman–Crippen MR) is 125 cm³/mol. The molecule has 1 amide bonds. The SMILES string of the molecule is CC(C)(C)OC(=O)N[C@H](c1nc2c(Cl)ccc(Cl)c2c(=O)n1CCCS(C)(=O)=O)C1CC1. The van der Waals surface area contributed by atoms with Crippen molar-refractivity contribution in [3.8, 4) is 0 Å². The van der Waals surface area contributed by atoms with Crippen LogP contribution in [0.5, 0.6) is 0 Å². The lowest BCUT2D eigenvalue weighted by Gasteiger charge is -2.25. The van der Waals surface area contributed by atoms with Gasteiger partial charge < -0.3 is 10.1 Å². The van der Waals surface area contributed by atoms with Crippen molar-refractivity contribution in [1.29, 1.82) is 0 Å². The molecule has 1 saturated carbocycles. The summed E-state index contributed by atoms with van der Waals surface area (Å²) in [5.74, 6) is 0.299. The van der Waals surface area contributed by atoms with Gasteiger partial charge in [-0.3, -0.25) is 9.36 Å². The van der Waals surface area contributed by atoms with Crippen LogP contribution in [-0.2, 0) is 21.1 Å². The largest absolute Gasteiger partial charge is 0.444 e. The first-order chi connectivity index (χ1) is 14.8.